The molecule has 3 heterocycles. The van der Waals surface area contributed by atoms with E-state index in [2.05, 4.69) is 15.5 Å². The average Bonchev–Trinajstić information content (AvgIpc) is 3.40. The molecule has 0 bridgehead atoms. The zero-order chi connectivity index (χ0) is 19.5. The Morgan fingerprint density at radius 2 is 1.93 bits per heavy atom. The number of pyridine rings is 1. The smallest absolute Gasteiger partial charge is 0.252 e. The van der Waals surface area contributed by atoms with E-state index in [1.165, 1.54) is 0 Å². The summed E-state index contributed by atoms with van der Waals surface area (Å²) in [4.78, 5) is 17.7. The Labute approximate surface area is 163 Å². The van der Waals surface area contributed by atoms with Gasteiger partial charge in [-0.3, -0.25) is 14.2 Å². The summed E-state index contributed by atoms with van der Waals surface area (Å²) in [6.45, 7) is 6.03. The van der Waals surface area contributed by atoms with Crippen LogP contribution in [0.1, 0.15) is 29.9 Å². The number of amides is 1. The second-order valence-corrected chi connectivity index (χ2v) is 6.50. The maximum absolute atomic E-state index is 13.0. The topological polar surface area (TPSA) is 77.6 Å². The molecule has 4 aromatic rings. The minimum atomic E-state index is -0.145. The molecule has 0 aliphatic carbocycles. The molecule has 1 N–H and O–H groups in total. The van der Waals surface area contributed by atoms with E-state index in [4.69, 9.17) is 4.98 Å². The van der Waals surface area contributed by atoms with Gasteiger partial charge in [0.2, 0.25) is 0 Å². The quantitative estimate of drug-likeness (QED) is 0.562. The Kier molecular flexibility index (Phi) is 4.89. The lowest BCUT2D eigenvalue weighted by atomic mass is 10.0. The lowest BCUT2D eigenvalue weighted by Crippen LogP contribution is -2.23. The Morgan fingerprint density at radius 1 is 1.11 bits per heavy atom. The SMILES string of the molecule is CCn1cc(-c2cc(C(=O)NCc3ccn(CC)n3)c3ccccc3n2)cn1. The number of carbonyl (C=O) groups is 1. The van der Waals surface area contributed by atoms with Gasteiger partial charge in [-0.15, -0.1) is 0 Å². The van der Waals surface area contributed by atoms with Gasteiger partial charge in [-0.25, -0.2) is 4.98 Å². The summed E-state index contributed by atoms with van der Waals surface area (Å²) in [5, 5.41) is 12.5. The fourth-order valence-electron chi connectivity index (χ4n) is 3.12. The molecule has 0 atom stereocenters. The van der Waals surface area contributed by atoms with Crippen molar-refractivity contribution in [2.45, 2.75) is 33.5 Å². The first-order valence-corrected chi connectivity index (χ1v) is 9.41. The minimum absolute atomic E-state index is 0.145. The zero-order valence-electron chi connectivity index (χ0n) is 16.0. The third-order valence-electron chi connectivity index (χ3n) is 4.66. The van der Waals surface area contributed by atoms with Gasteiger partial charge in [0.15, 0.2) is 0 Å². The molecule has 1 aromatic carbocycles. The van der Waals surface area contributed by atoms with Crippen LogP contribution in [-0.2, 0) is 19.6 Å². The van der Waals surface area contributed by atoms with Gasteiger partial charge in [0.1, 0.15) is 0 Å². The van der Waals surface area contributed by atoms with Crippen LogP contribution in [0, 0.1) is 0 Å². The number of carbonyl (C=O) groups excluding carboxylic acids is 1. The number of nitrogens with one attached hydrogen (secondary N) is 1. The van der Waals surface area contributed by atoms with Gasteiger partial charge in [-0.1, -0.05) is 18.2 Å². The van der Waals surface area contributed by atoms with Gasteiger partial charge in [0.25, 0.3) is 5.91 Å². The minimum Gasteiger partial charge on any atom is -0.346 e. The molecule has 0 radical (unpaired) electrons. The molecule has 7 heteroatoms. The molecular formula is C21H22N6O. The van der Waals surface area contributed by atoms with Gasteiger partial charge < -0.3 is 5.32 Å². The second kappa shape index (κ2) is 7.64. The largest absolute Gasteiger partial charge is 0.346 e. The van der Waals surface area contributed by atoms with Crippen molar-refractivity contribution < 1.29 is 4.79 Å². The number of benzene rings is 1. The summed E-state index contributed by atoms with van der Waals surface area (Å²) >= 11 is 0. The van der Waals surface area contributed by atoms with Crippen molar-refractivity contribution in [1.29, 1.82) is 0 Å². The van der Waals surface area contributed by atoms with Crippen LogP contribution in [-0.4, -0.2) is 30.5 Å². The van der Waals surface area contributed by atoms with Gasteiger partial charge in [-0.05, 0) is 32.0 Å². The summed E-state index contributed by atoms with van der Waals surface area (Å²) in [5.41, 5.74) is 3.84. The molecule has 0 aliphatic rings. The van der Waals surface area contributed by atoms with Crippen molar-refractivity contribution in [2.75, 3.05) is 0 Å². The van der Waals surface area contributed by atoms with Crippen molar-refractivity contribution in [3.63, 3.8) is 0 Å². The zero-order valence-corrected chi connectivity index (χ0v) is 16.0. The third-order valence-corrected chi connectivity index (χ3v) is 4.66. The van der Waals surface area contributed by atoms with Crippen molar-refractivity contribution in [3.05, 3.63) is 66.2 Å². The molecule has 3 aromatic heterocycles. The van der Waals surface area contributed by atoms with Crippen LogP contribution in [0.5, 0.6) is 0 Å². The summed E-state index contributed by atoms with van der Waals surface area (Å²) < 4.78 is 3.68. The van der Waals surface area contributed by atoms with Crippen molar-refractivity contribution in [1.82, 2.24) is 29.9 Å². The molecule has 0 fully saturated rings. The van der Waals surface area contributed by atoms with Gasteiger partial charge in [-0.2, -0.15) is 10.2 Å². The van der Waals surface area contributed by atoms with Crippen LogP contribution in [0.15, 0.2) is 55.0 Å². The number of rotatable bonds is 6. The van der Waals surface area contributed by atoms with E-state index in [9.17, 15) is 4.79 Å². The number of aryl methyl sites for hydroxylation is 2. The number of hydrogen-bond acceptors (Lipinski definition) is 4. The lowest BCUT2D eigenvalue weighted by Gasteiger charge is -2.09. The Hall–Kier alpha value is -3.48. The molecule has 4 rings (SSSR count). The maximum atomic E-state index is 13.0. The van der Waals surface area contributed by atoms with Crippen LogP contribution >= 0.6 is 0 Å². The fourth-order valence-corrected chi connectivity index (χ4v) is 3.12. The first-order valence-electron chi connectivity index (χ1n) is 9.41. The molecule has 0 saturated carbocycles. The molecule has 7 nitrogen and oxygen atoms in total. The average molecular weight is 374 g/mol. The molecule has 0 aliphatic heterocycles. The summed E-state index contributed by atoms with van der Waals surface area (Å²) in [6.07, 6.45) is 5.63. The maximum Gasteiger partial charge on any atom is 0.252 e. The lowest BCUT2D eigenvalue weighted by molar-refractivity contribution is 0.0952. The number of fused-ring (bicyclic) bond motifs is 1. The molecule has 0 spiro atoms. The summed E-state index contributed by atoms with van der Waals surface area (Å²) in [6, 6.07) is 11.4. The van der Waals surface area contributed by atoms with Crippen LogP contribution in [0.25, 0.3) is 22.2 Å². The number of aromatic nitrogens is 5. The highest BCUT2D eigenvalue weighted by Gasteiger charge is 2.15. The summed E-state index contributed by atoms with van der Waals surface area (Å²) in [7, 11) is 0. The normalized spacial score (nSPS) is 11.1. The van der Waals surface area contributed by atoms with E-state index in [-0.39, 0.29) is 5.91 Å². The van der Waals surface area contributed by atoms with E-state index >= 15 is 0 Å². The van der Waals surface area contributed by atoms with Crippen molar-refractivity contribution in [2.24, 2.45) is 0 Å². The number of hydrogen-bond donors (Lipinski definition) is 1. The summed E-state index contributed by atoms with van der Waals surface area (Å²) in [5.74, 6) is -0.145. The van der Waals surface area contributed by atoms with Gasteiger partial charge in [0, 0.05) is 36.4 Å². The molecule has 0 saturated heterocycles. The molecular weight excluding hydrogens is 352 g/mol. The fraction of sp³-hybridized carbons (Fsp3) is 0.238. The van der Waals surface area contributed by atoms with E-state index in [1.54, 1.807) is 6.20 Å². The Morgan fingerprint density at radius 3 is 2.68 bits per heavy atom. The van der Waals surface area contributed by atoms with Crippen molar-refractivity contribution in [3.8, 4) is 11.3 Å². The van der Waals surface area contributed by atoms with Crippen LogP contribution in [0.4, 0.5) is 0 Å². The predicted molar refractivity (Wildman–Crippen MR) is 108 cm³/mol. The number of para-hydroxylation sites is 1. The first kappa shape index (κ1) is 17.9. The molecule has 28 heavy (non-hydrogen) atoms. The van der Waals surface area contributed by atoms with Crippen LogP contribution in [0.3, 0.4) is 0 Å². The highest BCUT2D eigenvalue weighted by Crippen LogP contribution is 2.24. The molecule has 0 unspecified atom stereocenters. The predicted octanol–water partition coefficient (Wildman–Crippen LogP) is 3.26. The second-order valence-electron chi connectivity index (χ2n) is 6.50. The van der Waals surface area contributed by atoms with E-state index in [0.29, 0.717) is 12.1 Å². The number of nitrogens with zero attached hydrogens (tertiary/aromatic N) is 5. The van der Waals surface area contributed by atoms with Gasteiger partial charge >= 0.3 is 0 Å². The first-order chi connectivity index (χ1) is 13.7. The monoisotopic (exact) mass is 374 g/mol. The van der Waals surface area contributed by atoms with Crippen LogP contribution < -0.4 is 5.32 Å². The van der Waals surface area contributed by atoms with Gasteiger partial charge in [0.05, 0.1) is 35.2 Å². The standard InChI is InChI=1S/C21H22N6O/c1-3-26-10-9-16(25-26)13-22-21(28)18-11-20(15-12-23-27(4-2)14-15)24-19-8-6-5-7-17(18)19/h5-12,14H,3-4,13H2,1-2H3,(H,22,28). The van der Waals surface area contributed by atoms with E-state index < -0.39 is 0 Å². The van der Waals surface area contributed by atoms with Crippen LogP contribution in [0.2, 0.25) is 0 Å². The highest BCUT2D eigenvalue weighted by molar-refractivity contribution is 6.07. The van der Waals surface area contributed by atoms with E-state index in [1.807, 2.05) is 72.0 Å². The van der Waals surface area contributed by atoms with Crippen molar-refractivity contribution >= 4 is 16.8 Å². The molecule has 1 amide bonds. The molecule has 142 valence electrons. The van der Waals surface area contributed by atoms with E-state index in [0.717, 1.165) is 40.9 Å². The highest BCUT2D eigenvalue weighted by atomic mass is 16.1. The third kappa shape index (κ3) is 3.51. The Bertz CT molecular complexity index is 1130. The Balaban J connectivity index is 1.66.